The van der Waals surface area contributed by atoms with Crippen molar-refractivity contribution in [3.8, 4) is 0 Å². The fourth-order valence-electron chi connectivity index (χ4n) is 2.20. The molecule has 0 spiro atoms. The van der Waals surface area contributed by atoms with Crippen molar-refractivity contribution in [2.45, 2.75) is 29.6 Å². The van der Waals surface area contributed by atoms with Gasteiger partial charge in [0.15, 0.2) is 11.9 Å². The van der Waals surface area contributed by atoms with E-state index in [1.807, 2.05) is 0 Å². The second-order valence-electron chi connectivity index (χ2n) is 4.44. The van der Waals surface area contributed by atoms with Gasteiger partial charge in [-0.25, -0.2) is 9.97 Å². The molecule has 3 rings (SSSR count). The number of anilines is 1. The van der Waals surface area contributed by atoms with Crippen LogP contribution in [0.1, 0.15) is 6.23 Å². The van der Waals surface area contributed by atoms with Crippen LogP contribution in [0.15, 0.2) is 11.4 Å². The molecule has 3 heterocycles. The van der Waals surface area contributed by atoms with E-state index in [0.29, 0.717) is 11.2 Å². The van der Waals surface area contributed by atoms with Gasteiger partial charge in [-0.2, -0.15) is 4.98 Å². The molecule has 9 nitrogen and oxygen atoms in total. The maximum atomic E-state index is 9.99. The number of nitrogens with zero attached hydrogens (tertiary/aromatic N) is 4. The first kappa shape index (κ1) is 13.4. The van der Waals surface area contributed by atoms with Crippen LogP contribution in [0.4, 0.5) is 5.95 Å². The molecule has 1 saturated heterocycles. The average Bonchev–Trinajstić information content (AvgIpc) is 2.93. The van der Waals surface area contributed by atoms with Crippen molar-refractivity contribution in [2.75, 3.05) is 12.3 Å². The van der Waals surface area contributed by atoms with Crippen molar-refractivity contribution in [2.24, 2.45) is 0 Å². The third kappa shape index (κ3) is 1.89. The number of ether oxygens (including phenoxy) is 1. The first-order valence-electron chi connectivity index (χ1n) is 5.82. The van der Waals surface area contributed by atoms with Crippen molar-refractivity contribution < 1.29 is 20.1 Å². The number of fused-ring (bicyclic) bond motifs is 1. The van der Waals surface area contributed by atoms with Crippen LogP contribution in [0, 0.1) is 0 Å². The van der Waals surface area contributed by atoms with E-state index < -0.39 is 31.1 Å². The van der Waals surface area contributed by atoms with Crippen LogP contribution in [0.2, 0.25) is 0 Å². The summed E-state index contributed by atoms with van der Waals surface area (Å²) in [7, 11) is 0. The summed E-state index contributed by atoms with van der Waals surface area (Å²) in [5.41, 5.74) is 6.20. The molecule has 0 aromatic carbocycles. The smallest absolute Gasteiger partial charge is 0.220 e. The van der Waals surface area contributed by atoms with Crippen molar-refractivity contribution in [3.63, 3.8) is 0 Å². The molecule has 0 bridgehead atoms. The minimum absolute atomic E-state index is 0.0176. The predicted octanol–water partition coefficient (Wildman–Crippen LogP) is -2.07. The Kier molecular flexibility index (Phi) is 3.18. The van der Waals surface area contributed by atoms with Gasteiger partial charge in [-0.05, 0) is 5.03 Å². The lowest BCUT2D eigenvalue weighted by atomic mass is 10.1. The number of nitrogens with two attached hydrogens (primary N) is 1. The fraction of sp³-hybridized carbons (Fsp3) is 0.500. The van der Waals surface area contributed by atoms with Gasteiger partial charge in [0.2, 0.25) is 5.95 Å². The molecule has 1 aliphatic rings. The monoisotopic (exact) mass is 298 g/mol. The second-order valence-corrected chi connectivity index (χ2v) is 4.83. The normalized spacial score (nSPS) is 30.1. The molecule has 108 valence electrons. The van der Waals surface area contributed by atoms with Gasteiger partial charge < -0.3 is 38.4 Å². The number of nitrogen functional groups attached to an aromatic ring is 1. The molecule has 20 heavy (non-hydrogen) atoms. The van der Waals surface area contributed by atoms with Gasteiger partial charge in [0.25, 0.3) is 0 Å². The van der Waals surface area contributed by atoms with Crippen molar-refractivity contribution >= 4 is 29.7 Å². The zero-order valence-corrected chi connectivity index (χ0v) is 10.9. The Bertz CT molecular complexity index is 650. The topological polar surface area (TPSA) is 140 Å². The highest BCUT2D eigenvalue weighted by Gasteiger charge is 2.43. The summed E-state index contributed by atoms with van der Waals surface area (Å²) < 4.78 is 6.81. The highest BCUT2D eigenvalue weighted by atomic mass is 32.1. The lowest BCUT2D eigenvalue weighted by molar-refractivity contribution is -0.0511. The number of aliphatic hydroxyl groups is 3. The number of hydrogen-bond acceptors (Lipinski definition) is 9. The van der Waals surface area contributed by atoms with E-state index in [2.05, 4.69) is 15.0 Å². The molecular formula is C10H12N5O4S-. The number of hydrogen-bond donors (Lipinski definition) is 4. The number of rotatable bonds is 2. The zero-order chi connectivity index (χ0) is 14.4. The molecule has 5 N–H and O–H groups in total. The van der Waals surface area contributed by atoms with Crippen molar-refractivity contribution in [1.82, 2.24) is 19.5 Å². The molecule has 1 fully saturated rings. The Morgan fingerprint density at radius 1 is 1.35 bits per heavy atom. The number of aromatic nitrogens is 4. The van der Waals surface area contributed by atoms with Gasteiger partial charge in [0, 0.05) is 0 Å². The molecule has 4 atom stereocenters. The van der Waals surface area contributed by atoms with Gasteiger partial charge >= 0.3 is 0 Å². The van der Waals surface area contributed by atoms with Crippen molar-refractivity contribution in [3.05, 3.63) is 6.33 Å². The predicted molar refractivity (Wildman–Crippen MR) is 68.4 cm³/mol. The first-order valence-corrected chi connectivity index (χ1v) is 6.23. The number of aliphatic hydroxyl groups excluding tert-OH is 3. The average molecular weight is 298 g/mol. The summed E-state index contributed by atoms with van der Waals surface area (Å²) >= 11 is 5.03. The third-order valence-corrected chi connectivity index (χ3v) is 3.48. The Balaban J connectivity index is 2.07. The summed E-state index contributed by atoms with van der Waals surface area (Å²) in [4.78, 5) is 11.9. The molecule has 1 aliphatic heterocycles. The van der Waals surface area contributed by atoms with Gasteiger partial charge in [0.05, 0.1) is 12.9 Å². The van der Waals surface area contributed by atoms with Crippen molar-refractivity contribution in [1.29, 1.82) is 0 Å². The minimum atomic E-state index is -1.23. The van der Waals surface area contributed by atoms with Crippen LogP contribution in [-0.2, 0) is 17.4 Å². The highest BCUT2D eigenvalue weighted by Crippen LogP contribution is 2.31. The third-order valence-electron chi connectivity index (χ3n) is 3.20. The quantitative estimate of drug-likeness (QED) is 0.363. The highest BCUT2D eigenvalue weighted by molar-refractivity contribution is 7.59. The van der Waals surface area contributed by atoms with E-state index in [1.54, 1.807) is 0 Å². The van der Waals surface area contributed by atoms with Gasteiger partial charge in [-0.1, -0.05) is 0 Å². The molecule has 0 aliphatic carbocycles. The van der Waals surface area contributed by atoms with E-state index in [4.69, 9.17) is 28.2 Å². The summed E-state index contributed by atoms with van der Waals surface area (Å²) in [6, 6.07) is 0. The first-order chi connectivity index (χ1) is 9.52. The van der Waals surface area contributed by atoms with Crippen LogP contribution < -0.4 is 5.73 Å². The SMILES string of the molecule is Nc1nc([S-])c2ncn([C@H]3O[C@@H](CO)[C@@H](O)[C@@H]3O)c2n1. The van der Waals surface area contributed by atoms with E-state index >= 15 is 0 Å². The Hall–Kier alpha value is -1.59. The molecule has 2 aromatic heterocycles. The Labute approximate surface area is 118 Å². The van der Waals surface area contributed by atoms with E-state index in [9.17, 15) is 10.2 Å². The largest absolute Gasteiger partial charge is 0.758 e. The molecule has 0 unspecified atom stereocenters. The summed E-state index contributed by atoms with van der Waals surface area (Å²) in [6.07, 6.45) is -2.88. The maximum absolute atomic E-state index is 9.99. The summed E-state index contributed by atoms with van der Waals surface area (Å²) in [5, 5.41) is 29.0. The molecular weight excluding hydrogens is 286 g/mol. The molecule has 0 radical (unpaired) electrons. The van der Waals surface area contributed by atoms with Gasteiger partial charge in [-0.15, -0.1) is 0 Å². The zero-order valence-electron chi connectivity index (χ0n) is 10.1. The number of imidazole rings is 1. The fourth-order valence-corrected chi connectivity index (χ4v) is 2.44. The van der Waals surface area contributed by atoms with Crippen LogP contribution >= 0.6 is 0 Å². The molecule has 0 amide bonds. The molecule has 2 aromatic rings. The Morgan fingerprint density at radius 3 is 2.75 bits per heavy atom. The van der Waals surface area contributed by atoms with Gasteiger partial charge in [0.1, 0.15) is 23.8 Å². The van der Waals surface area contributed by atoms with Crippen LogP contribution in [-0.4, -0.2) is 59.8 Å². The van der Waals surface area contributed by atoms with Crippen LogP contribution in [0.3, 0.4) is 0 Å². The second kappa shape index (κ2) is 4.75. The standard InChI is InChI=1S/C10H13N5O4S/c11-10-13-7-4(8(20)14-10)12-2-15(7)9-6(18)5(17)3(1-16)19-9/h2-3,5-6,9,16-18H,1H2,(H3,11,13,14,20)/p-1/t3-,5+,6-,9-/m0/s1. The van der Waals surface area contributed by atoms with E-state index in [0.717, 1.165) is 0 Å². The minimum Gasteiger partial charge on any atom is -0.758 e. The lowest BCUT2D eigenvalue weighted by Crippen LogP contribution is -2.33. The molecule has 0 saturated carbocycles. The maximum Gasteiger partial charge on any atom is 0.220 e. The lowest BCUT2D eigenvalue weighted by Gasteiger charge is -2.17. The van der Waals surface area contributed by atoms with Crippen LogP contribution in [0.5, 0.6) is 0 Å². The summed E-state index contributed by atoms with van der Waals surface area (Å²) in [5.74, 6) is -0.0176. The van der Waals surface area contributed by atoms with Crippen LogP contribution in [0.25, 0.3) is 11.2 Å². The molecule has 10 heteroatoms. The van der Waals surface area contributed by atoms with Gasteiger partial charge in [-0.3, -0.25) is 4.57 Å². The summed E-state index contributed by atoms with van der Waals surface area (Å²) in [6.45, 7) is -0.412. The Morgan fingerprint density at radius 2 is 2.10 bits per heavy atom. The van der Waals surface area contributed by atoms with E-state index in [-0.39, 0.29) is 11.0 Å². The van der Waals surface area contributed by atoms with E-state index in [1.165, 1.54) is 10.9 Å².